The van der Waals surface area contributed by atoms with E-state index >= 15 is 0 Å². The first-order chi connectivity index (χ1) is 18.8. The predicted octanol–water partition coefficient (Wildman–Crippen LogP) is 3.61. The van der Waals surface area contributed by atoms with Gasteiger partial charge < -0.3 is 33.9 Å². The molecule has 0 aliphatic carbocycles. The monoisotopic (exact) mass is 557 g/mol. The Morgan fingerprint density at radius 1 is 0.846 bits per heavy atom. The Morgan fingerprint density at radius 3 is 2.05 bits per heavy atom. The van der Waals surface area contributed by atoms with Crippen molar-refractivity contribution in [3.8, 4) is 23.0 Å². The zero-order valence-corrected chi connectivity index (χ0v) is 23.0. The molecular weight excluding hydrogens is 526 g/mol. The SMILES string of the molecule is COc1ccc(NS(=O)(=O)c2ccc(N3CCOCC3)c(NC(=O)c3cc(OC)c(OC)c(OC)c3)c2)cc1. The first kappa shape index (κ1) is 27.9. The van der Waals surface area contributed by atoms with Crippen molar-refractivity contribution < 1.29 is 36.9 Å². The van der Waals surface area contributed by atoms with Crippen LogP contribution in [0.4, 0.5) is 17.1 Å². The minimum absolute atomic E-state index is 0.0180. The molecule has 39 heavy (non-hydrogen) atoms. The largest absolute Gasteiger partial charge is 0.497 e. The minimum atomic E-state index is -3.98. The summed E-state index contributed by atoms with van der Waals surface area (Å²) < 4.78 is 55.8. The number of ether oxygens (including phenoxy) is 5. The second-order valence-corrected chi connectivity index (χ2v) is 10.2. The second-order valence-electron chi connectivity index (χ2n) is 8.48. The Balaban J connectivity index is 1.69. The van der Waals surface area contributed by atoms with Crippen LogP contribution in [0.3, 0.4) is 0 Å². The number of nitrogens with zero attached hydrogens (tertiary/aromatic N) is 1. The normalized spacial score (nSPS) is 13.4. The van der Waals surface area contributed by atoms with Gasteiger partial charge in [0.2, 0.25) is 5.75 Å². The molecule has 1 amide bonds. The first-order valence-corrected chi connectivity index (χ1v) is 13.5. The number of rotatable bonds is 10. The van der Waals surface area contributed by atoms with Crippen molar-refractivity contribution in [2.24, 2.45) is 0 Å². The fourth-order valence-electron chi connectivity index (χ4n) is 4.14. The molecule has 0 bridgehead atoms. The molecular formula is C27H31N3O8S. The summed E-state index contributed by atoms with van der Waals surface area (Å²) in [5.41, 5.74) is 1.61. The summed E-state index contributed by atoms with van der Waals surface area (Å²) in [6.45, 7) is 2.20. The molecule has 1 aliphatic heterocycles. The first-order valence-electron chi connectivity index (χ1n) is 12.0. The van der Waals surface area contributed by atoms with E-state index in [1.165, 1.54) is 52.7 Å². The van der Waals surface area contributed by atoms with Crippen LogP contribution in [0, 0.1) is 0 Å². The van der Waals surface area contributed by atoms with Gasteiger partial charge in [-0.2, -0.15) is 0 Å². The zero-order valence-electron chi connectivity index (χ0n) is 22.1. The van der Waals surface area contributed by atoms with Crippen molar-refractivity contribution in [1.29, 1.82) is 0 Å². The molecule has 4 rings (SSSR count). The van der Waals surface area contributed by atoms with E-state index in [0.717, 1.165) is 0 Å². The number of nitrogens with one attached hydrogen (secondary N) is 2. The summed E-state index contributed by atoms with van der Waals surface area (Å²) in [5, 5.41) is 2.87. The van der Waals surface area contributed by atoms with Crippen molar-refractivity contribution in [1.82, 2.24) is 0 Å². The molecule has 0 radical (unpaired) electrons. The maximum absolute atomic E-state index is 13.4. The topological polar surface area (TPSA) is 125 Å². The molecule has 0 spiro atoms. The highest BCUT2D eigenvalue weighted by atomic mass is 32.2. The van der Waals surface area contributed by atoms with Crippen LogP contribution in [0.5, 0.6) is 23.0 Å². The van der Waals surface area contributed by atoms with Crippen LogP contribution in [0.2, 0.25) is 0 Å². The highest BCUT2D eigenvalue weighted by Gasteiger charge is 2.23. The summed E-state index contributed by atoms with van der Waals surface area (Å²) in [6.07, 6.45) is 0. The fraction of sp³-hybridized carbons (Fsp3) is 0.296. The van der Waals surface area contributed by atoms with Crippen molar-refractivity contribution >= 4 is 33.0 Å². The predicted molar refractivity (Wildman–Crippen MR) is 147 cm³/mol. The summed E-state index contributed by atoms with van der Waals surface area (Å²) in [5.74, 6) is 1.10. The molecule has 2 N–H and O–H groups in total. The van der Waals surface area contributed by atoms with E-state index in [4.69, 9.17) is 23.7 Å². The summed E-state index contributed by atoms with van der Waals surface area (Å²) >= 11 is 0. The number of hydrogen-bond donors (Lipinski definition) is 2. The van der Waals surface area contributed by atoms with Gasteiger partial charge in [-0.3, -0.25) is 9.52 Å². The van der Waals surface area contributed by atoms with Gasteiger partial charge in [-0.1, -0.05) is 0 Å². The number of hydrogen-bond acceptors (Lipinski definition) is 9. The van der Waals surface area contributed by atoms with Crippen LogP contribution >= 0.6 is 0 Å². The number of sulfonamides is 1. The summed E-state index contributed by atoms with van der Waals surface area (Å²) in [4.78, 5) is 15.4. The molecule has 11 nitrogen and oxygen atoms in total. The summed E-state index contributed by atoms with van der Waals surface area (Å²) in [6, 6.07) is 14.2. The maximum Gasteiger partial charge on any atom is 0.261 e. The Bertz CT molecular complexity index is 1400. The third kappa shape index (κ3) is 6.29. The van der Waals surface area contributed by atoms with Gasteiger partial charge in [0.05, 0.1) is 57.9 Å². The lowest BCUT2D eigenvalue weighted by Crippen LogP contribution is -2.36. The third-order valence-electron chi connectivity index (χ3n) is 6.15. The van der Waals surface area contributed by atoms with Crippen LogP contribution in [0.1, 0.15) is 10.4 Å². The highest BCUT2D eigenvalue weighted by molar-refractivity contribution is 7.92. The third-order valence-corrected chi connectivity index (χ3v) is 7.53. The molecule has 208 valence electrons. The molecule has 3 aromatic rings. The second kappa shape index (κ2) is 12.1. The average molecular weight is 558 g/mol. The maximum atomic E-state index is 13.4. The molecule has 1 saturated heterocycles. The van der Waals surface area contributed by atoms with Crippen LogP contribution in [0.25, 0.3) is 0 Å². The lowest BCUT2D eigenvalue weighted by molar-refractivity contribution is 0.102. The van der Waals surface area contributed by atoms with E-state index in [9.17, 15) is 13.2 Å². The summed E-state index contributed by atoms with van der Waals surface area (Å²) in [7, 11) is 1.94. The van der Waals surface area contributed by atoms with Gasteiger partial charge in [-0.15, -0.1) is 0 Å². The number of anilines is 3. The van der Waals surface area contributed by atoms with Crippen molar-refractivity contribution in [2.75, 3.05) is 69.7 Å². The van der Waals surface area contributed by atoms with Gasteiger partial charge in [-0.25, -0.2) is 8.42 Å². The van der Waals surface area contributed by atoms with Crippen LogP contribution in [-0.4, -0.2) is 69.1 Å². The minimum Gasteiger partial charge on any atom is -0.497 e. The number of benzene rings is 3. The molecule has 12 heteroatoms. The zero-order chi connectivity index (χ0) is 28.0. The van der Waals surface area contributed by atoms with Gasteiger partial charge in [0.25, 0.3) is 15.9 Å². The lowest BCUT2D eigenvalue weighted by Gasteiger charge is -2.31. The standard InChI is InChI=1S/C27H31N3O8S/c1-34-20-7-5-19(6-8-20)29-39(32,33)21-9-10-23(30-11-13-38-14-12-30)22(17-21)28-27(31)18-15-24(35-2)26(37-4)25(16-18)36-3/h5-10,15-17,29H,11-14H2,1-4H3,(H,28,31). The molecule has 1 heterocycles. The van der Waals surface area contributed by atoms with E-state index in [1.54, 1.807) is 30.3 Å². The molecule has 3 aromatic carbocycles. The van der Waals surface area contributed by atoms with Crippen LogP contribution in [0.15, 0.2) is 59.5 Å². The van der Waals surface area contributed by atoms with Crippen LogP contribution in [-0.2, 0) is 14.8 Å². The van der Waals surface area contributed by atoms with E-state index in [2.05, 4.69) is 10.0 Å². The van der Waals surface area contributed by atoms with Crippen molar-refractivity contribution in [3.05, 3.63) is 60.2 Å². The molecule has 0 atom stereocenters. The van der Waals surface area contributed by atoms with E-state index in [-0.39, 0.29) is 10.5 Å². The number of morpholine rings is 1. The number of methoxy groups -OCH3 is 4. The van der Waals surface area contributed by atoms with Crippen molar-refractivity contribution in [3.63, 3.8) is 0 Å². The average Bonchev–Trinajstić information content (AvgIpc) is 2.96. The highest BCUT2D eigenvalue weighted by Crippen LogP contribution is 2.39. The van der Waals surface area contributed by atoms with E-state index < -0.39 is 15.9 Å². The molecule has 0 unspecified atom stereocenters. The Hall–Kier alpha value is -4.16. The van der Waals surface area contributed by atoms with Gasteiger partial charge in [0.15, 0.2) is 11.5 Å². The smallest absolute Gasteiger partial charge is 0.261 e. The van der Waals surface area contributed by atoms with E-state index in [0.29, 0.717) is 66.4 Å². The molecule has 0 aromatic heterocycles. The molecule has 1 aliphatic rings. The van der Waals surface area contributed by atoms with Crippen LogP contribution < -0.4 is 33.9 Å². The quantitative estimate of drug-likeness (QED) is 0.385. The molecule has 0 saturated carbocycles. The number of amides is 1. The molecule has 1 fully saturated rings. The Kier molecular flexibility index (Phi) is 8.67. The van der Waals surface area contributed by atoms with Gasteiger partial charge in [0, 0.05) is 24.3 Å². The Labute approximate surface area is 227 Å². The van der Waals surface area contributed by atoms with Gasteiger partial charge in [0.1, 0.15) is 5.75 Å². The number of carbonyl (C=O) groups is 1. The number of carbonyl (C=O) groups excluding carboxylic acids is 1. The van der Waals surface area contributed by atoms with E-state index in [1.807, 2.05) is 4.90 Å². The Morgan fingerprint density at radius 2 is 1.49 bits per heavy atom. The van der Waals surface area contributed by atoms with Crippen molar-refractivity contribution in [2.45, 2.75) is 4.90 Å². The fourth-order valence-corrected chi connectivity index (χ4v) is 5.23. The van der Waals surface area contributed by atoms with Gasteiger partial charge >= 0.3 is 0 Å². The lowest BCUT2D eigenvalue weighted by atomic mass is 10.1. The van der Waals surface area contributed by atoms with Gasteiger partial charge in [-0.05, 0) is 54.6 Å².